The highest BCUT2D eigenvalue weighted by molar-refractivity contribution is 5.52. The largest absolute Gasteiger partial charge is 0.493 e. The van der Waals surface area contributed by atoms with E-state index in [1.54, 1.807) is 18.2 Å². The molecular formula is C15H13FN2O2. The Morgan fingerprint density at radius 1 is 1.20 bits per heavy atom. The zero-order chi connectivity index (χ0) is 14.5. The molecule has 0 bridgehead atoms. The third-order valence-electron chi connectivity index (χ3n) is 2.76. The third kappa shape index (κ3) is 2.98. The summed E-state index contributed by atoms with van der Waals surface area (Å²) in [5.41, 5.74) is 7.05. The van der Waals surface area contributed by atoms with Gasteiger partial charge in [-0.15, -0.1) is 0 Å². The van der Waals surface area contributed by atoms with Gasteiger partial charge in [-0.1, -0.05) is 0 Å². The minimum absolute atomic E-state index is 0.0560. The summed E-state index contributed by atoms with van der Waals surface area (Å²) in [7, 11) is 1.52. The van der Waals surface area contributed by atoms with Crippen molar-refractivity contribution in [2.75, 3.05) is 12.8 Å². The maximum atomic E-state index is 13.2. The van der Waals surface area contributed by atoms with Crippen LogP contribution in [0.15, 0.2) is 36.4 Å². The zero-order valence-electron chi connectivity index (χ0n) is 10.9. The van der Waals surface area contributed by atoms with E-state index in [0.717, 1.165) is 0 Å². The Kier molecular flexibility index (Phi) is 4.06. The average Bonchev–Trinajstić information content (AvgIpc) is 2.45. The molecule has 0 spiro atoms. The van der Waals surface area contributed by atoms with Gasteiger partial charge >= 0.3 is 0 Å². The lowest BCUT2D eigenvalue weighted by atomic mass is 10.1. The van der Waals surface area contributed by atoms with Crippen LogP contribution < -0.4 is 15.2 Å². The van der Waals surface area contributed by atoms with Crippen LogP contribution in [-0.2, 0) is 6.61 Å². The van der Waals surface area contributed by atoms with Gasteiger partial charge in [-0.2, -0.15) is 5.26 Å². The normalized spacial score (nSPS) is 9.85. The standard InChI is InChI=1S/C15H13FN2O2/c1-19-14-5-4-13(18)7-15(14)20-9-11-6-12(16)3-2-10(11)8-17/h2-7H,9,18H2,1H3. The second-order valence-electron chi connectivity index (χ2n) is 4.11. The smallest absolute Gasteiger partial charge is 0.163 e. The number of benzene rings is 2. The first-order chi connectivity index (χ1) is 9.63. The van der Waals surface area contributed by atoms with E-state index < -0.39 is 5.82 Å². The van der Waals surface area contributed by atoms with E-state index in [9.17, 15) is 4.39 Å². The highest BCUT2D eigenvalue weighted by Crippen LogP contribution is 2.30. The Balaban J connectivity index is 2.23. The van der Waals surface area contributed by atoms with Crippen LogP contribution in [-0.4, -0.2) is 7.11 Å². The predicted octanol–water partition coefficient (Wildman–Crippen LogP) is 2.87. The number of methoxy groups -OCH3 is 1. The fourth-order valence-corrected chi connectivity index (χ4v) is 1.75. The lowest BCUT2D eigenvalue weighted by Gasteiger charge is -2.12. The van der Waals surface area contributed by atoms with Crippen molar-refractivity contribution in [1.82, 2.24) is 0 Å². The minimum Gasteiger partial charge on any atom is -0.493 e. The Labute approximate surface area is 116 Å². The number of ether oxygens (including phenoxy) is 2. The van der Waals surface area contributed by atoms with Crippen LogP contribution in [0, 0.1) is 17.1 Å². The highest BCUT2D eigenvalue weighted by atomic mass is 19.1. The monoisotopic (exact) mass is 272 g/mol. The van der Waals surface area contributed by atoms with E-state index in [-0.39, 0.29) is 6.61 Å². The van der Waals surface area contributed by atoms with Crippen LogP contribution in [0.5, 0.6) is 11.5 Å². The molecule has 0 saturated heterocycles. The summed E-state index contributed by atoms with van der Waals surface area (Å²) in [6.45, 7) is 0.0560. The molecule has 0 aliphatic heterocycles. The first kappa shape index (κ1) is 13.7. The summed E-state index contributed by atoms with van der Waals surface area (Å²) < 4.78 is 23.9. The van der Waals surface area contributed by atoms with E-state index in [0.29, 0.717) is 28.3 Å². The summed E-state index contributed by atoms with van der Waals surface area (Å²) in [6, 6.07) is 10.9. The number of nitriles is 1. The van der Waals surface area contributed by atoms with Crippen LogP contribution in [0.1, 0.15) is 11.1 Å². The van der Waals surface area contributed by atoms with E-state index in [1.807, 2.05) is 6.07 Å². The highest BCUT2D eigenvalue weighted by Gasteiger charge is 2.08. The van der Waals surface area contributed by atoms with E-state index in [1.165, 1.54) is 25.3 Å². The summed E-state index contributed by atoms with van der Waals surface area (Å²) in [4.78, 5) is 0. The van der Waals surface area contributed by atoms with Gasteiger partial charge in [0.15, 0.2) is 11.5 Å². The molecule has 0 radical (unpaired) electrons. The summed E-state index contributed by atoms with van der Waals surface area (Å²) in [5, 5.41) is 8.98. The Bertz CT molecular complexity index is 665. The summed E-state index contributed by atoms with van der Waals surface area (Å²) in [5.74, 6) is 0.553. The molecule has 102 valence electrons. The van der Waals surface area contributed by atoms with Crippen LogP contribution in [0.4, 0.5) is 10.1 Å². The van der Waals surface area contributed by atoms with E-state index >= 15 is 0 Å². The molecule has 0 heterocycles. The van der Waals surface area contributed by atoms with Gasteiger partial charge in [0.1, 0.15) is 12.4 Å². The molecule has 0 saturated carbocycles. The Morgan fingerprint density at radius 3 is 2.70 bits per heavy atom. The van der Waals surface area contributed by atoms with Gasteiger partial charge in [-0.25, -0.2) is 4.39 Å². The molecule has 0 fully saturated rings. The number of halogens is 1. The fraction of sp³-hybridized carbons (Fsp3) is 0.133. The lowest BCUT2D eigenvalue weighted by Crippen LogP contribution is -2.01. The molecule has 5 heteroatoms. The molecule has 2 aromatic rings. The number of nitrogens with two attached hydrogens (primary N) is 1. The second kappa shape index (κ2) is 5.93. The number of hydrogen-bond acceptors (Lipinski definition) is 4. The van der Waals surface area contributed by atoms with Crippen molar-refractivity contribution < 1.29 is 13.9 Å². The SMILES string of the molecule is COc1ccc(N)cc1OCc1cc(F)ccc1C#N. The molecule has 20 heavy (non-hydrogen) atoms. The minimum atomic E-state index is -0.415. The molecular weight excluding hydrogens is 259 g/mol. The van der Waals surface area contributed by atoms with Crippen LogP contribution in [0.2, 0.25) is 0 Å². The molecule has 0 aliphatic rings. The van der Waals surface area contributed by atoms with Crippen molar-refractivity contribution in [3.63, 3.8) is 0 Å². The van der Waals surface area contributed by atoms with Gasteiger partial charge < -0.3 is 15.2 Å². The molecule has 2 rings (SSSR count). The molecule has 0 unspecified atom stereocenters. The first-order valence-electron chi connectivity index (χ1n) is 5.89. The molecule has 4 nitrogen and oxygen atoms in total. The van der Waals surface area contributed by atoms with Crippen molar-refractivity contribution in [2.24, 2.45) is 0 Å². The summed E-state index contributed by atoms with van der Waals surface area (Å²) in [6.07, 6.45) is 0. The van der Waals surface area contributed by atoms with Crippen molar-refractivity contribution >= 4 is 5.69 Å². The van der Waals surface area contributed by atoms with Crippen molar-refractivity contribution in [3.05, 3.63) is 53.3 Å². The quantitative estimate of drug-likeness (QED) is 0.869. The van der Waals surface area contributed by atoms with Gasteiger partial charge in [-0.05, 0) is 30.3 Å². The maximum Gasteiger partial charge on any atom is 0.163 e. The summed E-state index contributed by atoms with van der Waals surface area (Å²) >= 11 is 0. The zero-order valence-corrected chi connectivity index (χ0v) is 10.9. The van der Waals surface area contributed by atoms with Gasteiger partial charge in [-0.3, -0.25) is 0 Å². The molecule has 2 aromatic carbocycles. The molecule has 0 atom stereocenters. The van der Waals surface area contributed by atoms with Crippen LogP contribution in [0.3, 0.4) is 0 Å². The Morgan fingerprint density at radius 2 is 2.00 bits per heavy atom. The van der Waals surface area contributed by atoms with Crippen molar-refractivity contribution in [2.45, 2.75) is 6.61 Å². The predicted molar refractivity (Wildman–Crippen MR) is 72.9 cm³/mol. The molecule has 0 aliphatic carbocycles. The molecule has 0 aromatic heterocycles. The number of hydrogen-bond donors (Lipinski definition) is 1. The second-order valence-corrected chi connectivity index (χ2v) is 4.11. The van der Waals surface area contributed by atoms with Crippen LogP contribution in [0.25, 0.3) is 0 Å². The van der Waals surface area contributed by atoms with Crippen molar-refractivity contribution in [1.29, 1.82) is 5.26 Å². The number of nitrogen functional groups attached to an aromatic ring is 1. The number of anilines is 1. The van der Waals surface area contributed by atoms with E-state index in [4.69, 9.17) is 20.5 Å². The van der Waals surface area contributed by atoms with E-state index in [2.05, 4.69) is 0 Å². The average molecular weight is 272 g/mol. The third-order valence-corrected chi connectivity index (χ3v) is 2.76. The Hall–Kier alpha value is -2.74. The molecule has 0 amide bonds. The lowest BCUT2D eigenvalue weighted by molar-refractivity contribution is 0.284. The first-order valence-corrected chi connectivity index (χ1v) is 5.89. The fourth-order valence-electron chi connectivity index (χ4n) is 1.75. The molecule has 2 N–H and O–H groups in total. The number of rotatable bonds is 4. The van der Waals surface area contributed by atoms with Gasteiger partial charge in [0.2, 0.25) is 0 Å². The van der Waals surface area contributed by atoms with Gasteiger partial charge in [0, 0.05) is 17.3 Å². The number of nitrogens with zero attached hydrogens (tertiary/aromatic N) is 1. The van der Waals surface area contributed by atoms with Gasteiger partial charge in [0.25, 0.3) is 0 Å². The van der Waals surface area contributed by atoms with Crippen molar-refractivity contribution in [3.8, 4) is 17.6 Å². The van der Waals surface area contributed by atoms with Crippen LogP contribution >= 0.6 is 0 Å². The van der Waals surface area contributed by atoms with Gasteiger partial charge in [0.05, 0.1) is 18.7 Å². The maximum absolute atomic E-state index is 13.2. The topological polar surface area (TPSA) is 68.3 Å².